The Morgan fingerprint density at radius 1 is 1.29 bits per heavy atom. The Morgan fingerprint density at radius 3 is 2.29 bits per heavy atom. The lowest BCUT2D eigenvalue weighted by molar-refractivity contribution is 0.247. The van der Waals surface area contributed by atoms with E-state index in [-0.39, 0.29) is 17.8 Å². The van der Waals surface area contributed by atoms with E-state index in [9.17, 15) is 9.90 Å². The molecule has 0 aromatic heterocycles. The Bertz CT molecular complexity index is 422. The van der Waals surface area contributed by atoms with E-state index in [0.29, 0.717) is 18.0 Å². The van der Waals surface area contributed by atoms with Gasteiger partial charge in [0.1, 0.15) is 0 Å². The monoisotopic (exact) mass is 238 g/mol. The first kappa shape index (κ1) is 11.4. The average molecular weight is 238 g/mol. The molecule has 92 valence electrons. The second-order valence-electron chi connectivity index (χ2n) is 3.68. The summed E-state index contributed by atoms with van der Waals surface area (Å²) in [7, 11) is 2.92. The Labute approximate surface area is 98.5 Å². The van der Waals surface area contributed by atoms with Gasteiger partial charge in [0.2, 0.25) is 5.75 Å². The molecule has 1 saturated heterocycles. The van der Waals surface area contributed by atoms with E-state index in [4.69, 9.17) is 9.47 Å². The number of aromatic hydroxyl groups is 1. The van der Waals surface area contributed by atoms with Crippen molar-refractivity contribution in [3.8, 4) is 17.2 Å². The highest BCUT2D eigenvalue weighted by molar-refractivity contribution is 5.77. The van der Waals surface area contributed by atoms with Crippen molar-refractivity contribution in [3.63, 3.8) is 0 Å². The number of nitrogens with one attached hydrogen (secondary N) is 2. The smallest absolute Gasteiger partial charge is 0.315 e. The Hall–Kier alpha value is -2.11. The lowest BCUT2D eigenvalue weighted by Gasteiger charge is -2.14. The molecular formula is C11H14N2O4. The van der Waals surface area contributed by atoms with Gasteiger partial charge in [0.15, 0.2) is 11.5 Å². The largest absolute Gasteiger partial charge is 0.502 e. The van der Waals surface area contributed by atoms with E-state index >= 15 is 0 Å². The van der Waals surface area contributed by atoms with Crippen LogP contribution in [0.2, 0.25) is 0 Å². The van der Waals surface area contributed by atoms with Crippen molar-refractivity contribution < 1.29 is 19.4 Å². The minimum atomic E-state index is -0.207. The van der Waals surface area contributed by atoms with Crippen LogP contribution in [0, 0.1) is 0 Å². The summed E-state index contributed by atoms with van der Waals surface area (Å²) in [5, 5.41) is 15.2. The minimum Gasteiger partial charge on any atom is -0.502 e. The van der Waals surface area contributed by atoms with E-state index in [1.54, 1.807) is 12.1 Å². The molecule has 1 aliphatic heterocycles. The highest BCUT2D eigenvalue weighted by Gasteiger charge is 2.24. The molecule has 1 heterocycles. The van der Waals surface area contributed by atoms with Gasteiger partial charge in [-0.25, -0.2) is 4.79 Å². The van der Waals surface area contributed by atoms with Crippen LogP contribution in [0.15, 0.2) is 12.1 Å². The molecular weight excluding hydrogens is 224 g/mol. The van der Waals surface area contributed by atoms with E-state index < -0.39 is 0 Å². The third-order valence-corrected chi connectivity index (χ3v) is 2.68. The Morgan fingerprint density at radius 2 is 1.88 bits per heavy atom. The highest BCUT2D eigenvalue weighted by atomic mass is 16.5. The number of amides is 2. The zero-order valence-corrected chi connectivity index (χ0v) is 9.61. The molecule has 6 heteroatoms. The number of ether oxygens (including phenoxy) is 2. The standard InChI is InChI=1S/C11H14N2O4/c1-16-8-3-6(4-9(17-2)10(8)14)7-5-12-11(15)13-7/h3-4,7,14H,5H2,1-2H3,(H2,12,13,15)/t7-/m0/s1. The number of carbonyl (C=O) groups is 1. The normalized spacial score (nSPS) is 18.5. The van der Waals surface area contributed by atoms with Gasteiger partial charge >= 0.3 is 6.03 Å². The van der Waals surface area contributed by atoms with Crippen LogP contribution in [0.1, 0.15) is 11.6 Å². The first-order valence-corrected chi connectivity index (χ1v) is 5.15. The molecule has 0 saturated carbocycles. The highest BCUT2D eigenvalue weighted by Crippen LogP contribution is 2.38. The fourth-order valence-corrected chi connectivity index (χ4v) is 1.77. The molecule has 0 aliphatic carbocycles. The van der Waals surface area contributed by atoms with Crippen LogP contribution in [0.5, 0.6) is 17.2 Å². The summed E-state index contributed by atoms with van der Waals surface area (Å²) >= 11 is 0. The molecule has 1 atom stereocenters. The minimum absolute atomic E-state index is 0.0453. The van der Waals surface area contributed by atoms with Gasteiger partial charge in [-0.1, -0.05) is 0 Å². The van der Waals surface area contributed by atoms with Crippen LogP contribution in [-0.2, 0) is 0 Å². The van der Waals surface area contributed by atoms with Crippen molar-refractivity contribution in [3.05, 3.63) is 17.7 Å². The van der Waals surface area contributed by atoms with Crippen LogP contribution >= 0.6 is 0 Å². The van der Waals surface area contributed by atoms with Crippen molar-refractivity contribution in [2.45, 2.75) is 6.04 Å². The van der Waals surface area contributed by atoms with Gasteiger partial charge in [0.05, 0.1) is 20.3 Å². The van der Waals surface area contributed by atoms with Crippen molar-refractivity contribution in [2.75, 3.05) is 20.8 Å². The van der Waals surface area contributed by atoms with Crippen LogP contribution in [0.4, 0.5) is 4.79 Å². The Balaban J connectivity index is 2.37. The molecule has 0 unspecified atom stereocenters. The fraction of sp³-hybridized carbons (Fsp3) is 0.364. The third-order valence-electron chi connectivity index (χ3n) is 2.68. The zero-order chi connectivity index (χ0) is 12.4. The molecule has 0 spiro atoms. The number of rotatable bonds is 3. The number of urea groups is 1. The molecule has 6 nitrogen and oxygen atoms in total. The van der Waals surface area contributed by atoms with Crippen molar-refractivity contribution in [1.82, 2.24) is 10.6 Å². The molecule has 1 fully saturated rings. The van der Waals surface area contributed by atoms with Crippen LogP contribution in [0.3, 0.4) is 0 Å². The number of hydrogen-bond donors (Lipinski definition) is 3. The lowest BCUT2D eigenvalue weighted by Crippen LogP contribution is -2.21. The van der Waals surface area contributed by atoms with Crippen molar-refractivity contribution in [2.24, 2.45) is 0 Å². The topological polar surface area (TPSA) is 79.8 Å². The number of carbonyl (C=O) groups excluding carboxylic acids is 1. The number of phenols is 1. The first-order chi connectivity index (χ1) is 8.15. The van der Waals surface area contributed by atoms with Gasteiger partial charge in [-0.15, -0.1) is 0 Å². The molecule has 1 aromatic rings. The van der Waals surface area contributed by atoms with E-state index in [1.165, 1.54) is 14.2 Å². The van der Waals surface area contributed by atoms with E-state index in [1.807, 2.05) is 0 Å². The predicted octanol–water partition coefficient (Wildman–Crippen LogP) is 0.763. The lowest BCUT2D eigenvalue weighted by atomic mass is 10.1. The Kier molecular flexibility index (Phi) is 2.95. The fourth-order valence-electron chi connectivity index (χ4n) is 1.77. The number of phenolic OH excluding ortho intramolecular Hbond substituents is 1. The van der Waals surface area contributed by atoms with E-state index in [2.05, 4.69) is 10.6 Å². The quantitative estimate of drug-likeness (QED) is 0.726. The average Bonchev–Trinajstić information content (AvgIpc) is 2.76. The maximum absolute atomic E-state index is 11.1. The maximum Gasteiger partial charge on any atom is 0.315 e. The molecule has 1 aromatic carbocycles. The molecule has 0 radical (unpaired) electrons. The van der Waals surface area contributed by atoms with E-state index in [0.717, 1.165) is 5.56 Å². The molecule has 1 aliphatic rings. The summed E-state index contributed by atoms with van der Waals surface area (Å²) in [6, 6.07) is 3.00. The zero-order valence-electron chi connectivity index (χ0n) is 9.61. The first-order valence-electron chi connectivity index (χ1n) is 5.15. The van der Waals surface area contributed by atoms with Gasteiger partial charge < -0.3 is 25.2 Å². The SMILES string of the molecule is COc1cc([C@@H]2CNC(=O)N2)cc(OC)c1O. The van der Waals surface area contributed by atoms with Gasteiger partial charge in [-0.05, 0) is 17.7 Å². The van der Waals surface area contributed by atoms with Gasteiger partial charge in [0, 0.05) is 6.54 Å². The molecule has 2 amide bonds. The van der Waals surface area contributed by atoms with Crippen LogP contribution in [-0.4, -0.2) is 31.9 Å². The number of methoxy groups -OCH3 is 2. The summed E-state index contributed by atoms with van der Waals surface area (Å²) < 4.78 is 10.1. The maximum atomic E-state index is 11.1. The predicted molar refractivity (Wildman–Crippen MR) is 60.5 cm³/mol. The van der Waals surface area contributed by atoms with Crippen molar-refractivity contribution in [1.29, 1.82) is 0 Å². The molecule has 17 heavy (non-hydrogen) atoms. The molecule has 2 rings (SSSR count). The summed E-state index contributed by atoms with van der Waals surface area (Å²) in [5.74, 6) is 0.594. The van der Waals surface area contributed by atoms with Gasteiger partial charge in [-0.2, -0.15) is 0 Å². The van der Waals surface area contributed by atoms with Crippen LogP contribution < -0.4 is 20.1 Å². The summed E-state index contributed by atoms with van der Waals surface area (Å²) in [6.45, 7) is 0.496. The second kappa shape index (κ2) is 4.40. The summed E-state index contributed by atoms with van der Waals surface area (Å²) in [5.41, 5.74) is 0.815. The third kappa shape index (κ3) is 2.06. The summed E-state index contributed by atoms with van der Waals surface area (Å²) in [4.78, 5) is 11.1. The van der Waals surface area contributed by atoms with Crippen molar-refractivity contribution >= 4 is 6.03 Å². The number of hydrogen-bond acceptors (Lipinski definition) is 4. The molecule has 0 bridgehead atoms. The number of benzene rings is 1. The second-order valence-corrected chi connectivity index (χ2v) is 3.68. The van der Waals surface area contributed by atoms with Gasteiger partial charge in [0.25, 0.3) is 0 Å². The summed E-state index contributed by atoms with van der Waals surface area (Å²) in [6.07, 6.45) is 0. The molecule has 3 N–H and O–H groups in total. The van der Waals surface area contributed by atoms with Crippen LogP contribution in [0.25, 0.3) is 0 Å². The van der Waals surface area contributed by atoms with Gasteiger partial charge in [-0.3, -0.25) is 0 Å².